The summed E-state index contributed by atoms with van der Waals surface area (Å²) < 4.78 is 20.0. The van der Waals surface area contributed by atoms with Crippen molar-refractivity contribution in [1.82, 2.24) is 14.9 Å². The molecular weight excluding hydrogens is 470 g/mol. The van der Waals surface area contributed by atoms with Gasteiger partial charge in [0.15, 0.2) is 5.82 Å². The molecular formula is C23H23Cl2FN4O3. The number of anilines is 2. The Morgan fingerprint density at radius 2 is 2.00 bits per heavy atom. The predicted molar refractivity (Wildman–Crippen MR) is 126 cm³/mol. The quantitative estimate of drug-likeness (QED) is 0.459. The van der Waals surface area contributed by atoms with E-state index in [9.17, 15) is 14.3 Å². The number of aliphatic hydroxyl groups is 1. The molecule has 0 bridgehead atoms. The Hall–Kier alpha value is -2.68. The molecule has 7 nitrogen and oxygen atoms in total. The van der Waals surface area contributed by atoms with E-state index in [1.54, 1.807) is 39.0 Å². The summed E-state index contributed by atoms with van der Waals surface area (Å²) in [5.41, 5.74) is -0.604. The van der Waals surface area contributed by atoms with Crippen LogP contribution in [0.3, 0.4) is 0 Å². The Bertz CT molecular complexity index is 1230. The van der Waals surface area contributed by atoms with Gasteiger partial charge in [-0.2, -0.15) is 0 Å². The highest BCUT2D eigenvalue weighted by molar-refractivity contribution is 6.42. The molecule has 1 aliphatic heterocycles. The van der Waals surface area contributed by atoms with Crippen molar-refractivity contribution in [2.24, 2.45) is 0 Å². The number of nitrogens with zero attached hydrogens (tertiary/aromatic N) is 3. The number of rotatable bonds is 3. The summed E-state index contributed by atoms with van der Waals surface area (Å²) in [5.74, 6) is -0.362. The van der Waals surface area contributed by atoms with E-state index in [0.717, 1.165) is 0 Å². The second-order valence-electron chi connectivity index (χ2n) is 8.99. The number of β-amino-alcohol motifs (C(OH)–C–C–N with tert-alkyl or cyclic N) is 1. The van der Waals surface area contributed by atoms with E-state index in [1.165, 1.54) is 23.4 Å². The molecule has 1 amide bonds. The number of ether oxygens (including phenoxy) is 1. The van der Waals surface area contributed by atoms with Crippen molar-refractivity contribution >= 4 is 51.7 Å². The number of hydrogen-bond donors (Lipinski definition) is 2. The van der Waals surface area contributed by atoms with Crippen LogP contribution in [0.2, 0.25) is 10.0 Å². The van der Waals surface area contributed by atoms with Crippen molar-refractivity contribution < 1.29 is 19.0 Å². The number of carbonyl (C=O) groups is 1. The average molecular weight is 493 g/mol. The molecule has 1 unspecified atom stereocenters. The third-order valence-corrected chi connectivity index (χ3v) is 6.14. The van der Waals surface area contributed by atoms with Crippen LogP contribution in [-0.4, -0.2) is 44.8 Å². The highest BCUT2D eigenvalue weighted by Crippen LogP contribution is 2.36. The van der Waals surface area contributed by atoms with Crippen molar-refractivity contribution in [2.75, 3.05) is 18.4 Å². The molecule has 2 heterocycles. The lowest BCUT2D eigenvalue weighted by Crippen LogP contribution is -2.38. The lowest BCUT2D eigenvalue weighted by Gasteiger charge is -2.27. The van der Waals surface area contributed by atoms with Crippen LogP contribution in [0.4, 0.5) is 20.7 Å². The number of halogens is 3. The first kappa shape index (κ1) is 23.5. The van der Waals surface area contributed by atoms with Gasteiger partial charge in [0.1, 0.15) is 23.3 Å². The smallest absolute Gasteiger partial charge is 0.410 e. The number of fused-ring (bicyclic) bond motifs is 1. The molecule has 4 rings (SSSR count). The average Bonchev–Trinajstić information content (AvgIpc) is 3.16. The van der Waals surface area contributed by atoms with Crippen molar-refractivity contribution in [1.29, 1.82) is 0 Å². The summed E-state index contributed by atoms with van der Waals surface area (Å²) in [4.78, 5) is 22.4. The molecule has 0 spiro atoms. The maximum atomic E-state index is 14.6. The van der Waals surface area contributed by atoms with Gasteiger partial charge in [0.05, 0.1) is 27.8 Å². The van der Waals surface area contributed by atoms with E-state index in [1.807, 2.05) is 0 Å². The molecule has 0 radical (unpaired) electrons. The topological polar surface area (TPSA) is 87.6 Å². The van der Waals surface area contributed by atoms with Crippen LogP contribution in [0.25, 0.3) is 10.9 Å². The van der Waals surface area contributed by atoms with Crippen LogP contribution < -0.4 is 5.32 Å². The first-order valence-electron chi connectivity index (χ1n) is 10.3. The Kier molecular flexibility index (Phi) is 6.11. The number of carbonyl (C=O) groups excluding carboxylic acids is 1. The molecule has 174 valence electrons. The largest absolute Gasteiger partial charge is 0.444 e. The summed E-state index contributed by atoms with van der Waals surface area (Å²) in [6, 6.07) is 8.20. The third-order valence-electron chi connectivity index (χ3n) is 5.36. The number of aromatic nitrogens is 2. The highest BCUT2D eigenvalue weighted by Gasteiger charge is 2.41. The summed E-state index contributed by atoms with van der Waals surface area (Å²) in [7, 11) is 0. The molecule has 2 N–H and O–H groups in total. The normalized spacial score (nSPS) is 18.6. The van der Waals surface area contributed by atoms with Gasteiger partial charge in [-0.3, -0.25) is 0 Å². The van der Waals surface area contributed by atoms with Crippen LogP contribution in [0.1, 0.15) is 32.8 Å². The van der Waals surface area contributed by atoms with Gasteiger partial charge in [-0.25, -0.2) is 19.2 Å². The van der Waals surface area contributed by atoms with Gasteiger partial charge in [-0.1, -0.05) is 29.3 Å². The second-order valence-corrected chi connectivity index (χ2v) is 9.77. The van der Waals surface area contributed by atoms with Crippen molar-refractivity contribution in [2.45, 2.75) is 38.4 Å². The number of nitrogens with one attached hydrogen (secondary N) is 1. The first-order chi connectivity index (χ1) is 15.5. The highest BCUT2D eigenvalue weighted by atomic mass is 35.5. The van der Waals surface area contributed by atoms with Gasteiger partial charge in [0.25, 0.3) is 0 Å². The molecule has 0 saturated carbocycles. The van der Waals surface area contributed by atoms with Gasteiger partial charge >= 0.3 is 6.09 Å². The Morgan fingerprint density at radius 1 is 1.24 bits per heavy atom. The fraction of sp³-hybridized carbons (Fsp3) is 0.348. The molecule has 3 aromatic rings. The minimum atomic E-state index is -1.27. The standard InChI is InChI=1S/C23H23Cl2FN4O3/c1-22(2,3)33-21(31)30-9-8-23(32,11-30)13-4-6-16-14(10-13)20(28-12-27-16)29-17-7-5-15(24)18(25)19(17)26/h4-7,10,12,32H,8-9,11H2,1-3H3,(H,27,28,29). The monoisotopic (exact) mass is 492 g/mol. The molecule has 10 heteroatoms. The van der Waals surface area contributed by atoms with Gasteiger partial charge in [0.2, 0.25) is 0 Å². The zero-order chi connectivity index (χ0) is 24.0. The summed E-state index contributed by atoms with van der Waals surface area (Å²) in [6.45, 7) is 5.82. The lowest BCUT2D eigenvalue weighted by molar-refractivity contribution is 0.0140. The van der Waals surface area contributed by atoms with Crippen molar-refractivity contribution in [3.63, 3.8) is 0 Å². The molecule has 1 saturated heterocycles. The molecule has 2 aromatic carbocycles. The van der Waals surface area contributed by atoms with Gasteiger partial charge in [-0.15, -0.1) is 0 Å². The van der Waals surface area contributed by atoms with Gasteiger partial charge in [-0.05, 0) is 57.0 Å². The van der Waals surface area contributed by atoms with Crippen LogP contribution in [0.5, 0.6) is 0 Å². The van der Waals surface area contributed by atoms with Crippen molar-refractivity contribution in [3.05, 3.63) is 58.1 Å². The van der Waals surface area contributed by atoms with E-state index >= 15 is 0 Å². The second kappa shape index (κ2) is 8.59. The van der Waals surface area contributed by atoms with E-state index in [4.69, 9.17) is 27.9 Å². The molecule has 1 fully saturated rings. The van der Waals surface area contributed by atoms with Crippen molar-refractivity contribution in [3.8, 4) is 0 Å². The maximum Gasteiger partial charge on any atom is 0.410 e. The summed E-state index contributed by atoms with van der Waals surface area (Å²) in [6.07, 6.45) is 1.23. The molecule has 1 aromatic heterocycles. The number of benzene rings is 2. The summed E-state index contributed by atoms with van der Waals surface area (Å²) >= 11 is 11.8. The summed E-state index contributed by atoms with van der Waals surface area (Å²) in [5, 5.41) is 14.7. The molecule has 33 heavy (non-hydrogen) atoms. The van der Waals surface area contributed by atoms with Crippen LogP contribution >= 0.6 is 23.2 Å². The predicted octanol–water partition coefficient (Wildman–Crippen LogP) is 5.65. The lowest BCUT2D eigenvalue weighted by atomic mass is 9.92. The Balaban J connectivity index is 1.65. The zero-order valence-electron chi connectivity index (χ0n) is 18.3. The minimum Gasteiger partial charge on any atom is -0.444 e. The Labute approximate surface area is 200 Å². The fourth-order valence-corrected chi connectivity index (χ4v) is 4.02. The Morgan fingerprint density at radius 3 is 2.73 bits per heavy atom. The maximum absolute atomic E-state index is 14.6. The molecule has 0 aliphatic carbocycles. The number of likely N-dealkylation sites (tertiary alicyclic amines) is 1. The van der Waals surface area contributed by atoms with Gasteiger partial charge < -0.3 is 20.1 Å². The van der Waals surface area contributed by atoms with Gasteiger partial charge in [0, 0.05) is 11.9 Å². The third kappa shape index (κ3) is 4.83. The fourth-order valence-electron chi connectivity index (χ4n) is 3.71. The van der Waals surface area contributed by atoms with Crippen LogP contribution in [-0.2, 0) is 10.3 Å². The van der Waals surface area contributed by atoms with E-state index < -0.39 is 23.1 Å². The molecule has 1 atom stereocenters. The minimum absolute atomic E-state index is 0.0886. The number of hydrogen-bond acceptors (Lipinski definition) is 6. The van der Waals surface area contributed by atoms with E-state index in [-0.39, 0.29) is 22.3 Å². The SMILES string of the molecule is CC(C)(C)OC(=O)N1CCC(O)(c2ccc3ncnc(Nc4ccc(Cl)c(Cl)c4F)c3c2)C1. The molecule has 1 aliphatic rings. The number of amides is 1. The first-order valence-corrected chi connectivity index (χ1v) is 11.1. The van der Waals surface area contributed by atoms with E-state index in [2.05, 4.69) is 15.3 Å². The van der Waals surface area contributed by atoms with Crippen LogP contribution in [0, 0.1) is 5.82 Å². The van der Waals surface area contributed by atoms with E-state index in [0.29, 0.717) is 35.2 Å². The zero-order valence-corrected chi connectivity index (χ0v) is 19.8. The van der Waals surface area contributed by atoms with Crippen LogP contribution in [0.15, 0.2) is 36.7 Å².